The highest BCUT2D eigenvalue weighted by Crippen LogP contribution is 2.14. The average Bonchev–Trinajstić information content (AvgIpc) is 2.55. The van der Waals surface area contributed by atoms with E-state index >= 15 is 0 Å². The van der Waals surface area contributed by atoms with Crippen molar-refractivity contribution in [3.8, 4) is 11.5 Å². The topological polar surface area (TPSA) is 30.5 Å². The van der Waals surface area contributed by atoms with E-state index in [4.69, 9.17) is 9.47 Å². The first-order valence-electron chi connectivity index (χ1n) is 7.73. The summed E-state index contributed by atoms with van der Waals surface area (Å²) < 4.78 is 10.8. The number of nitrogens with one attached hydrogen (secondary N) is 1. The molecule has 0 heterocycles. The van der Waals surface area contributed by atoms with Crippen molar-refractivity contribution in [2.45, 2.75) is 26.9 Å². The Kier molecular flexibility index (Phi) is 6.28. The first kappa shape index (κ1) is 16.4. The Labute approximate surface area is 133 Å². The van der Waals surface area contributed by atoms with Crippen molar-refractivity contribution in [3.05, 3.63) is 59.7 Å². The Bertz CT molecular complexity index is 547. The van der Waals surface area contributed by atoms with Crippen LogP contribution in [0.25, 0.3) is 0 Å². The number of methoxy groups -OCH3 is 1. The number of ether oxygens (including phenoxy) is 2. The quantitative estimate of drug-likeness (QED) is 0.798. The highest BCUT2D eigenvalue weighted by Gasteiger charge is 1.99. The van der Waals surface area contributed by atoms with Crippen LogP contribution in [-0.2, 0) is 13.1 Å². The summed E-state index contributed by atoms with van der Waals surface area (Å²) >= 11 is 0. The molecular weight excluding hydrogens is 274 g/mol. The molecule has 2 aromatic rings. The maximum Gasteiger partial charge on any atom is 0.119 e. The zero-order chi connectivity index (χ0) is 15.8. The Morgan fingerprint density at radius 3 is 1.77 bits per heavy atom. The molecule has 0 aliphatic carbocycles. The molecule has 0 saturated carbocycles. The van der Waals surface area contributed by atoms with Crippen LogP contribution in [0.1, 0.15) is 25.0 Å². The lowest BCUT2D eigenvalue weighted by molar-refractivity contribution is 0.271. The van der Waals surface area contributed by atoms with Crippen molar-refractivity contribution in [3.63, 3.8) is 0 Å². The SMILES string of the molecule is COc1ccc(CNCc2ccc(OCC(C)C)cc2)cc1. The molecule has 0 spiro atoms. The van der Waals surface area contributed by atoms with Gasteiger partial charge in [-0.15, -0.1) is 0 Å². The van der Waals surface area contributed by atoms with E-state index in [0.717, 1.165) is 31.2 Å². The molecule has 0 saturated heterocycles. The van der Waals surface area contributed by atoms with Gasteiger partial charge in [-0.2, -0.15) is 0 Å². The van der Waals surface area contributed by atoms with Gasteiger partial charge in [-0.1, -0.05) is 38.1 Å². The lowest BCUT2D eigenvalue weighted by Gasteiger charge is -2.10. The summed E-state index contributed by atoms with van der Waals surface area (Å²) in [5.74, 6) is 2.37. The van der Waals surface area contributed by atoms with Gasteiger partial charge < -0.3 is 14.8 Å². The van der Waals surface area contributed by atoms with Gasteiger partial charge in [0.1, 0.15) is 11.5 Å². The minimum atomic E-state index is 0.547. The van der Waals surface area contributed by atoms with E-state index in [1.807, 2.05) is 24.3 Å². The van der Waals surface area contributed by atoms with E-state index in [1.165, 1.54) is 11.1 Å². The molecule has 0 radical (unpaired) electrons. The van der Waals surface area contributed by atoms with E-state index < -0.39 is 0 Å². The number of rotatable bonds is 8. The van der Waals surface area contributed by atoms with E-state index in [2.05, 4.69) is 43.4 Å². The molecule has 0 fully saturated rings. The van der Waals surface area contributed by atoms with Crippen LogP contribution in [0.2, 0.25) is 0 Å². The molecule has 3 heteroatoms. The van der Waals surface area contributed by atoms with Crippen molar-refractivity contribution in [2.24, 2.45) is 5.92 Å². The minimum absolute atomic E-state index is 0.547. The summed E-state index contributed by atoms with van der Waals surface area (Å²) in [6.07, 6.45) is 0. The second-order valence-corrected chi connectivity index (χ2v) is 5.80. The van der Waals surface area contributed by atoms with E-state index in [0.29, 0.717) is 5.92 Å². The molecule has 0 atom stereocenters. The molecule has 2 aromatic carbocycles. The number of benzene rings is 2. The Morgan fingerprint density at radius 1 is 0.818 bits per heavy atom. The van der Waals surface area contributed by atoms with Crippen LogP contribution < -0.4 is 14.8 Å². The first-order valence-corrected chi connectivity index (χ1v) is 7.73. The normalized spacial score (nSPS) is 10.7. The van der Waals surface area contributed by atoms with Crippen molar-refractivity contribution in [2.75, 3.05) is 13.7 Å². The van der Waals surface area contributed by atoms with Gasteiger partial charge in [0.05, 0.1) is 13.7 Å². The molecule has 1 N–H and O–H groups in total. The zero-order valence-corrected chi connectivity index (χ0v) is 13.6. The molecule has 118 valence electrons. The fourth-order valence-electron chi connectivity index (χ4n) is 2.06. The van der Waals surface area contributed by atoms with Crippen LogP contribution >= 0.6 is 0 Å². The standard InChI is InChI=1S/C19H25NO2/c1-15(2)14-22-19-10-6-17(7-11-19)13-20-12-16-4-8-18(21-3)9-5-16/h4-11,15,20H,12-14H2,1-3H3. The molecule has 0 aliphatic heterocycles. The zero-order valence-electron chi connectivity index (χ0n) is 13.6. The van der Waals surface area contributed by atoms with E-state index in [1.54, 1.807) is 7.11 Å². The largest absolute Gasteiger partial charge is 0.497 e. The van der Waals surface area contributed by atoms with Crippen molar-refractivity contribution >= 4 is 0 Å². The molecule has 0 aliphatic rings. The molecular formula is C19H25NO2. The van der Waals surface area contributed by atoms with Gasteiger partial charge in [0.25, 0.3) is 0 Å². The number of hydrogen-bond donors (Lipinski definition) is 1. The minimum Gasteiger partial charge on any atom is -0.497 e. The summed E-state index contributed by atoms with van der Waals surface area (Å²) in [4.78, 5) is 0. The van der Waals surface area contributed by atoms with Crippen molar-refractivity contribution < 1.29 is 9.47 Å². The molecule has 0 aromatic heterocycles. The maximum atomic E-state index is 5.69. The van der Waals surface area contributed by atoms with E-state index in [-0.39, 0.29) is 0 Å². The predicted octanol–water partition coefficient (Wildman–Crippen LogP) is 4.02. The molecule has 3 nitrogen and oxygen atoms in total. The van der Waals surface area contributed by atoms with Crippen LogP contribution in [0.3, 0.4) is 0 Å². The van der Waals surface area contributed by atoms with Gasteiger partial charge >= 0.3 is 0 Å². The van der Waals surface area contributed by atoms with Crippen LogP contribution in [0.15, 0.2) is 48.5 Å². The second kappa shape index (κ2) is 8.44. The van der Waals surface area contributed by atoms with Crippen LogP contribution in [0, 0.1) is 5.92 Å². The summed E-state index contributed by atoms with van der Waals surface area (Å²) in [7, 11) is 1.68. The van der Waals surface area contributed by atoms with Gasteiger partial charge in [0, 0.05) is 13.1 Å². The van der Waals surface area contributed by atoms with Crippen LogP contribution in [0.4, 0.5) is 0 Å². The summed E-state index contributed by atoms with van der Waals surface area (Å²) in [6, 6.07) is 16.4. The lowest BCUT2D eigenvalue weighted by Crippen LogP contribution is -2.12. The Hall–Kier alpha value is -2.00. The predicted molar refractivity (Wildman–Crippen MR) is 90.3 cm³/mol. The highest BCUT2D eigenvalue weighted by atomic mass is 16.5. The smallest absolute Gasteiger partial charge is 0.119 e. The third-order valence-electron chi connectivity index (χ3n) is 3.32. The van der Waals surface area contributed by atoms with Gasteiger partial charge in [-0.3, -0.25) is 0 Å². The molecule has 2 rings (SSSR count). The fraction of sp³-hybridized carbons (Fsp3) is 0.368. The van der Waals surface area contributed by atoms with E-state index in [9.17, 15) is 0 Å². The van der Waals surface area contributed by atoms with Crippen LogP contribution in [-0.4, -0.2) is 13.7 Å². The summed E-state index contributed by atoms with van der Waals surface area (Å²) in [5, 5.41) is 3.44. The molecule has 0 bridgehead atoms. The van der Waals surface area contributed by atoms with Gasteiger partial charge in [-0.25, -0.2) is 0 Å². The summed E-state index contributed by atoms with van der Waals surface area (Å²) in [6.45, 7) is 6.75. The highest BCUT2D eigenvalue weighted by molar-refractivity contribution is 5.28. The van der Waals surface area contributed by atoms with Gasteiger partial charge in [0.2, 0.25) is 0 Å². The van der Waals surface area contributed by atoms with Crippen LogP contribution in [0.5, 0.6) is 11.5 Å². The summed E-state index contributed by atoms with van der Waals surface area (Å²) in [5.41, 5.74) is 2.50. The Morgan fingerprint density at radius 2 is 1.32 bits per heavy atom. The number of hydrogen-bond acceptors (Lipinski definition) is 3. The van der Waals surface area contributed by atoms with Crippen molar-refractivity contribution in [1.82, 2.24) is 5.32 Å². The van der Waals surface area contributed by atoms with Crippen molar-refractivity contribution in [1.29, 1.82) is 0 Å². The maximum absolute atomic E-state index is 5.69. The second-order valence-electron chi connectivity index (χ2n) is 5.80. The Balaban J connectivity index is 1.76. The third kappa shape index (κ3) is 5.41. The monoisotopic (exact) mass is 299 g/mol. The third-order valence-corrected chi connectivity index (χ3v) is 3.32. The molecule has 0 unspecified atom stereocenters. The van der Waals surface area contributed by atoms with Gasteiger partial charge in [0.15, 0.2) is 0 Å². The molecule has 22 heavy (non-hydrogen) atoms. The lowest BCUT2D eigenvalue weighted by atomic mass is 10.2. The first-order chi connectivity index (χ1) is 10.7. The molecule has 0 amide bonds. The van der Waals surface area contributed by atoms with Gasteiger partial charge in [-0.05, 0) is 41.3 Å². The fourth-order valence-corrected chi connectivity index (χ4v) is 2.06. The average molecular weight is 299 g/mol.